The molecule has 1 amide bonds. The number of carbonyl (C=O) groups is 1. The van der Waals surface area contributed by atoms with Gasteiger partial charge in [-0.2, -0.15) is 5.10 Å². The molecule has 1 aromatic carbocycles. The van der Waals surface area contributed by atoms with Crippen LogP contribution in [0, 0.1) is 13.8 Å². The topological polar surface area (TPSA) is 70.4 Å². The summed E-state index contributed by atoms with van der Waals surface area (Å²) in [5.41, 5.74) is 4.59. The molecule has 0 radical (unpaired) electrons. The molecule has 1 aromatic heterocycles. The van der Waals surface area contributed by atoms with E-state index in [1.54, 1.807) is 4.68 Å². The van der Waals surface area contributed by atoms with Crippen molar-refractivity contribution in [3.63, 3.8) is 0 Å². The summed E-state index contributed by atoms with van der Waals surface area (Å²) in [7, 11) is 1.85. The second-order valence-corrected chi connectivity index (χ2v) is 7.07. The van der Waals surface area contributed by atoms with Crippen molar-refractivity contribution in [1.82, 2.24) is 20.0 Å². The molecule has 1 fully saturated rings. The molecule has 1 aliphatic rings. The molecule has 0 saturated carbocycles. The minimum Gasteiger partial charge on any atom is -0.395 e. The zero-order valence-corrected chi connectivity index (χ0v) is 15.8. The van der Waals surface area contributed by atoms with Crippen molar-refractivity contribution in [2.75, 3.05) is 13.2 Å². The van der Waals surface area contributed by atoms with Crippen molar-refractivity contribution in [2.24, 2.45) is 7.05 Å². The van der Waals surface area contributed by atoms with E-state index in [-0.39, 0.29) is 18.6 Å². The third kappa shape index (κ3) is 3.81. The van der Waals surface area contributed by atoms with Crippen LogP contribution in [0.1, 0.15) is 45.7 Å². The van der Waals surface area contributed by atoms with Crippen LogP contribution in [0.15, 0.2) is 24.3 Å². The average molecular weight is 356 g/mol. The lowest BCUT2D eigenvalue weighted by Gasteiger charge is -2.24. The summed E-state index contributed by atoms with van der Waals surface area (Å²) in [5.74, 6) is -0.0858. The first-order chi connectivity index (χ1) is 12.5. The Balaban J connectivity index is 1.69. The molecule has 0 unspecified atom stereocenters. The number of nitrogens with one attached hydrogen (secondary N) is 1. The zero-order valence-electron chi connectivity index (χ0n) is 15.8. The van der Waals surface area contributed by atoms with E-state index in [2.05, 4.69) is 27.4 Å². The van der Waals surface area contributed by atoms with Crippen molar-refractivity contribution >= 4 is 5.91 Å². The number of benzene rings is 1. The zero-order chi connectivity index (χ0) is 18.7. The molecule has 6 nitrogen and oxygen atoms in total. The monoisotopic (exact) mass is 356 g/mol. The smallest absolute Gasteiger partial charge is 0.255 e. The molecule has 26 heavy (non-hydrogen) atoms. The normalized spacial score (nSPS) is 17.6. The number of aromatic nitrogens is 2. The van der Waals surface area contributed by atoms with Gasteiger partial charge in [-0.25, -0.2) is 0 Å². The first-order valence-electron chi connectivity index (χ1n) is 9.21. The predicted molar refractivity (Wildman–Crippen MR) is 101 cm³/mol. The molecule has 0 spiro atoms. The number of rotatable bonds is 6. The molecule has 140 valence electrons. The lowest BCUT2D eigenvalue weighted by Crippen LogP contribution is -2.32. The van der Waals surface area contributed by atoms with E-state index in [0.717, 1.165) is 42.9 Å². The number of amides is 1. The fourth-order valence-corrected chi connectivity index (χ4v) is 3.78. The Morgan fingerprint density at radius 1 is 1.31 bits per heavy atom. The van der Waals surface area contributed by atoms with E-state index in [1.165, 1.54) is 5.56 Å². The number of likely N-dealkylation sites (tertiary alicyclic amines) is 1. The van der Waals surface area contributed by atoms with E-state index in [0.29, 0.717) is 12.1 Å². The van der Waals surface area contributed by atoms with Crippen molar-refractivity contribution in [3.8, 4) is 0 Å². The molecular weight excluding hydrogens is 328 g/mol. The molecule has 3 rings (SSSR count). The maximum absolute atomic E-state index is 12.6. The predicted octanol–water partition coefficient (Wildman–Crippen LogP) is 1.92. The van der Waals surface area contributed by atoms with Gasteiger partial charge in [0.1, 0.15) is 0 Å². The minimum absolute atomic E-state index is 0.0858. The van der Waals surface area contributed by atoms with Crippen molar-refractivity contribution < 1.29 is 9.90 Å². The lowest BCUT2D eigenvalue weighted by atomic mass is 10.1. The van der Waals surface area contributed by atoms with Gasteiger partial charge < -0.3 is 10.4 Å². The van der Waals surface area contributed by atoms with Crippen LogP contribution in [0.2, 0.25) is 0 Å². The molecule has 2 aromatic rings. The maximum atomic E-state index is 12.6. The highest BCUT2D eigenvalue weighted by atomic mass is 16.3. The highest BCUT2D eigenvalue weighted by Gasteiger charge is 2.24. The van der Waals surface area contributed by atoms with E-state index < -0.39 is 0 Å². The van der Waals surface area contributed by atoms with Crippen LogP contribution in [0.3, 0.4) is 0 Å². The standard InChI is InChI=1S/C20H28N4O2/c1-14-19(15(2)23(3)22-14)20(26)21-11-16-7-4-5-8-17(16)12-24-10-6-9-18(24)13-25/h4-5,7-8,18,25H,6,9-13H2,1-3H3,(H,21,26)/t18-/m1/s1. The summed E-state index contributed by atoms with van der Waals surface area (Å²) in [6.45, 7) is 6.28. The van der Waals surface area contributed by atoms with Crippen molar-refractivity contribution in [1.29, 1.82) is 0 Å². The summed E-state index contributed by atoms with van der Waals surface area (Å²) in [6, 6.07) is 8.44. The number of aliphatic hydroxyl groups excluding tert-OH is 1. The van der Waals surface area contributed by atoms with Crippen LogP contribution in [0.25, 0.3) is 0 Å². The van der Waals surface area contributed by atoms with E-state index in [9.17, 15) is 9.90 Å². The van der Waals surface area contributed by atoms with Gasteiger partial charge in [0.15, 0.2) is 0 Å². The summed E-state index contributed by atoms with van der Waals surface area (Å²) in [5, 5.41) is 16.9. The summed E-state index contributed by atoms with van der Waals surface area (Å²) >= 11 is 0. The molecule has 6 heteroatoms. The molecular formula is C20H28N4O2. The van der Waals surface area contributed by atoms with Gasteiger partial charge in [0, 0.05) is 31.9 Å². The number of hydrogen-bond acceptors (Lipinski definition) is 4. The third-order valence-electron chi connectivity index (χ3n) is 5.38. The Bertz CT molecular complexity index is 784. The van der Waals surface area contributed by atoms with Crippen LogP contribution in [0.4, 0.5) is 0 Å². The first-order valence-corrected chi connectivity index (χ1v) is 9.21. The van der Waals surface area contributed by atoms with Gasteiger partial charge in [0.25, 0.3) is 5.91 Å². The molecule has 0 bridgehead atoms. The Labute approximate surface area is 154 Å². The van der Waals surface area contributed by atoms with Gasteiger partial charge in [0.2, 0.25) is 0 Å². The van der Waals surface area contributed by atoms with Crippen LogP contribution in [0.5, 0.6) is 0 Å². The quantitative estimate of drug-likeness (QED) is 0.830. The Morgan fingerprint density at radius 3 is 2.69 bits per heavy atom. The van der Waals surface area contributed by atoms with E-state index >= 15 is 0 Å². The Kier molecular flexibility index (Phi) is 5.74. The third-order valence-corrected chi connectivity index (χ3v) is 5.38. The van der Waals surface area contributed by atoms with Gasteiger partial charge in [-0.05, 0) is 44.4 Å². The van der Waals surface area contributed by atoms with Gasteiger partial charge >= 0.3 is 0 Å². The fraction of sp³-hybridized carbons (Fsp3) is 0.500. The second-order valence-electron chi connectivity index (χ2n) is 7.07. The molecule has 2 N–H and O–H groups in total. The largest absolute Gasteiger partial charge is 0.395 e. The van der Waals surface area contributed by atoms with Crippen LogP contribution in [-0.4, -0.2) is 44.9 Å². The molecule has 2 heterocycles. The molecule has 1 aliphatic heterocycles. The SMILES string of the molecule is Cc1nn(C)c(C)c1C(=O)NCc1ccccc1CN1CCC[C@@H]1CO. The van der Waals surface area contributed by atoms with E-state index in [1.807, 2.05) is 33.0 Å². The van der Waals surface area contributed by atoms with Crippen molar-refractivity contribution in [2.45, 2.75) is 45.8 Å². The first kappa shape index (κ1) is 18.6. The van der Waals surface area contributed by atoms with Gasteiger partial charge in [-0.15, -0.1) is 0 Å². The highest BCUT2D eigenvalue weighted by molar-refractivity contribution is 5.96. The Hall–Kier alpha value is -2.18. The van der Waals surface area contributed by atoms with Gasteiger partial charge in [-0.3, -0.25) is 14.4 Å². The number of aryl methyl sites for hydroxylation is 2. The lowest BCUT2D eigenvalue weighted by molar-refractivity contribution is 0.0949. The highest BCUT2D eigenvalue weighted by Crippen LogP contribution is 2.21. The van der Waals surface area contributed by atoms with Gasteiger partial charge in [-0.1, -0.05) is 24.3 Å². The molecule has 1 saturated heterocycles. The summed E-state index contributed by atoms with van der Waals surface area (Å²) in [4.78, 5) is 14.9. The number of nitrogens with zero attached hydrogens (tertiary/aromatic N) is 3. The van der Waals surface area contributed by atoms with Crippen LogP contribution in [-0.2, 0) is 20.1 Å². The van der Waals surface area contributed by atoms with Crippen LogP contribution >= 0.6 is 0 Å². The maximum Gasteiger partial charge on any atom is 0.255 e. The van der Waals surface area contributed by atoms with E-state index in [4.69, 9.17) is 0 Å². The Morgan fingerprint density at radius 2 is 2.04 bits per heavy atom. The molecule has 0 aliphatic carbocycles. The summed E-state index contributed by atoms with van der Waals surface area (Å²) in [6.07, 6.45) is 2.18. The molecule has 1 atom stereocenters. The van der Waals surface area contributed by atoms with Crippen molar-refractivity contribution in [3.05, 3.63) is 52.3 Å². The van der Waals surface area contributed by atoms with Crippen LogP contribution < -0.4 is 5.32 Å². The number of hydrogen-bond donors (Lipinski definition) is 2. The van der Waals surface area contributed by atoms with Gasteiger partial charge in [0.05, 0.1) is 17.9 Å². The fourth-order valence-electron chi connectivity index (χ4n) is 3.78. The minimum atomic E-state index is -0.0858. The summed E-state index contributed by atoms with van der Waals surface area (Å²) < 4.78 is 1.74. The number of carbonyl (C=O) groups excluding carboxylic acids is 1. The number of aliphatic hydroxyl groups is 1. The second kappa shape index (κ2) is 8.01. The average Bonchev–Trinajstić information content (AvgIpc) is 3.17.